The first-order valence-corrected chi connectivity index (χ1v) is 6.41. The minimum atomic E-state index is 0.433. The zero-order valence-electron chi connectivity index (χ0n) is 11.5. The van der Waals surface area contributed by atoms with Gasteiger partial charge in [0.15, 0.2) is 0 Å². The maximum absolute atomic E-state index is 2.43. The molecule has 0 aromatic rings. The Bertz CT molecular complexity index is 295. The summed E-state index contributed by atoms with van der Waals surface area (Å²) in [6.45, 7) is 6.75. The van der Waals surface area contributed by atoms with Crippen LogP contribution in [0.3, 0.4) is 0 Å². The summed E-state index contributed by atoms with van der Waals surface area (Å²) in [5.74, 6) is 0. The van der Waals surface area contributed by atoms with Crippen molar-refractivity contribution in [3.8, 4) is 0 Å². The Hall–Kier alpha value is -1.32. The van der Waals surface area contributed by atoms with Gasteiger partial charge in [-0.15, -0.1) is 0 Å². The fraction of sp³-hybridized carbons (Fsp3) is 0.692. The van der Waals surface area contributed by atoms with Gasteiger partial charge in [0, 0.05) is 38.9 Å². The Kier molecular flexibility index (Phi) is 3.22. The Morgan fingerprint density at radius 2 is 1.29 bits per heavy atom. The molecule has 2 rings (SSSR count). The standard InChI is InChI=1S/C13H24N4/c1-6-13(16-9-7-14(4)11(16)2)17-10-8-15(5)12(17)3/h7-13H,6H2,1-5H3. The smallest absolute Gasteiger partial charge is 0.104 e. The fourth-order valence-electron chi connectivity index (χ4n) is 2.56. The van der Waals surface area contributed by atoms with Crippen molar-refractivity contribution >= 4 is 0 Å². The van der Waals surface area contributed by atoms with Crippen LogP contribution in [0.15, 0.2) is 24.8 Å². The molecule has 0 amide bonds. The lowest BCUT2D eigenvalue weighted by Crippen LogP contribution is -2.51. The van der Waals surface area contributed by atoms with E-state index in [-0.39, 0.29) is 0 Å². The molecule has 0 spiro atoms. The first-order chi connectivity index (χ1) is 8.06. The lowest BCUT2D eigenvalue weighted by atomic mass is 10.2. The molecule has 0 saturated heterocycles. The Morgan fingerprint density at radius 3 is 1.53 bits per heavy atom. The highest BCUT2D eigenvalue weighted by Gasteiger charge is 2.32. The van der Waals surface area contributed by atoms with E-state index < -0.39 is 0 Å². The third-order valence-corrected chi connectivity index (χ3v) is 4.04. The summed E-state index contributed by atoms with van der Waals surface area (Å²) in [4.78, 5) is 9.35. The number of hydrogen-bond donors (Lipinski definition) is 0. The van der Waals surface area contributed by atoms with E-state index in [2.05, 4.69) is 79.3 Å². The van der Waals surface area contributed by atoms with E-state index >= 15 is 0 Å². The first-order valence-electron chi connectivity index (χ1n) is 6.41. The highest BCUT2D eigenvalue weighted by molar-refractivity contribution is 5.02. The molecule has 2 atom stereocenters. The summed E-state index contributed by atoms with van der Waals surface area (Å²) < 4.78 is 0. The SMILES string of the molecule is CCC(N1C=CN(C)C1C)N1C=CN(C)C1C. The van der Waals surface area contributed by atoms with Gasteiger partial charge in [0.1, 0.15) is 6.17 Å². The van der Waals surface area contributed by atoms with Crippen LogP contribution in [0.4, 0.5) is 0 Å². The molecule has 2 heterocycles. The van der Waals surface area contributed by atoms with Crippen molar-refractivity contribution in [2.45, 2.75) is 45.7 Å². The molecule has 0 aromatic carbocycles. The second-order valence-electron chi connectivity index (χ2n) is 4.97. The zero-order valence-corrected chi connectivity index (χ0v) is 11.5. The third-order valence-electron chi connectivity index (χ3n) is 4.04. The molecular formula is C13H24N4. The molecule has 0 fully saturated rings. The van der Waals surface area contributed by atoms with Crippen LogP contribution in [0.5, 0.6) is 0 Å². The quantitative estimate of drug-likeness (QED) is 0.741. The molecule has 0 saturated carbocycles. The fourth-order valence-corrected chi connectivity index (χ4v) is 2.56. The Balaban J connectivity index is 2.12. The van der Waals surface area contributed by atoms with Crippen LogP contribution in [-0.4, -0.2) is 52.2 Å². The minimum absolute atomic E-state index is 0.433. The van der Waals surface area contributed by atoms with Crippen molar-refractivity contribution in [1.29, 1.82) is 0 Å². The number of nitrogens with zero attached hydrogens (tertiary/aromatic N) is 4. The molecule has 0 aromatic heterocycles. The predicted octanol–water partition coefficient (Wildman–Crippen LogP) is 1.85. The summed E-state index contributed by atoms with van der Waals surface area (Å²) in [7, 11) is 4.26. The average Bonchev–Trinajstić information content (AvgIpc) is 2.80. The molecule has 2 aliphatic heterocycles. The molecule has 0 N–H and O–H groups in total. The van der Waals surface area contributed by atoms with Crippen molar-refractivity contribution in [3.05, 3.63) is 24.8 Å². The van der Waals surface area contributed by atoms with Crippen LogP contribution in [0, 0.1) is 0 Å². The van der Waals surface area contributed by atoms with E-state index in [1.807, 2.05) is 0 Å². The lowest BCUT2D eigenvalue weighted by molar-refractivity contribution is 0.0204. The molecule has 17 heavy (non-hydrogen) atoms. The van der Waals surface area contributed by atoms with Crippen LogP contribution >= 0.6 is 0 Å². The molecule has 96 valence electrons. The second kappa shape index (κ2) is 4.51. The van der Waals surface area contributed by atoms with Gasteiger partial charge in [0.05, 0.1) is 12.3 Å². The summed E-state index contributed by atoms with van der Waals surface area (Å²) in [6, 6.07) is 0. The largest absolute Gasteiger partial charge is 0.359 e. The highest BCUT2D eigenvalue weighted by atomic mass is 15.5. The number of rotatable bonds is 3. The van der Waals surface area contributed by atoms with Gasteiger partial charge in [0.2, 0.25) is 0 Å². The predicted molar refractivity (Wildman–Crippen MR) is 70.5 cm³/mol. The van der Waals surface area contributed by atoms with E-state index in [1.54, 1.807) is 0 Å². The van der Waals surface area contributed by atoms with Gasteiger partial charge < -0.3 is 19.6 Å². The minimum Gasteiger partial charge on any atom is -0.359 e. The first kappa shape index (κ1) is 12.1. The van der Waals surface area contributed by atoms with Gasteiger partial charge in [0.25, 0.3) is 0 Å². The Morgan fingerprint density at radius 1 is 0.882 bits per heavy atom. The van der Waals surface area contributed by atoms with Crippen LogP contribution in [-0.2, 0) is 0 Å². The maximum Gasteiger partial charge on any atom is 0.104 e. The molecule has 2 aliphatic rings. The van der Waals surface area contributed by atoms with Gasteiger partial charge in [-0.2, -0.15) is 0 Å². The van der Waals surface area contributed by atoms with Crippen LogP contribution in [0.25, 0.3) is 0 Å². The molecule has 0 radical (unpaired) electrons. The Labute approximate surface area is 105 Å². The van der Waals surface area contributed by atoms with E-state index in [0.717, 1.165) is 6.42 Å². The van der Waals surface area contributed by atoms with Gasteiger partial charge in [-0.25, -0.2) is 0 Å². The van der Waals surface area contributed by atoms with Crippen molar-refractivity contribution in [3.63, 3.8) is 0 Å². The molecule has 0 aliphatic carbocycles. The van der Waals surface area contributed by atoms with E-state index in [9.17, 15) is 0 Å². The van der Waals surface area contributed by atoms with E-state index in [1.165, 1.54) is 0 Å². The summed E-state index contributed by atoms with van der Waals surface area (Å²) in [5, 5.41) is 0. The van der Waals surface area contributed by atoms with Crippen molar-refractivity contribution in [1.82, 2.24) is 19.6 Å². The van der Waals surface area contributed by atoms with Crippen molar-refractivity contribution < 1.29 is 0 Å². The summed E-state index contributed by atoms with van der Waals surface area (Å²) in [5.41, 5.74) is 0. The molecular weight excluding hydrogens is 212 g/mol. The third kappa shape index (κ3) is 1.96. The highest BCUT2D eigenvalue weighted by Crippen LogP contribution is 2.26. The molecule has 2 unspecified atom stereocenters. The summed E-state index contributed by atoms with van der Waals surface area (Å²) in [6.07, 6.45) is 11.1. The zero-order chi connectivity index (χ0) is 12.6. The molecule has 0 bridgehead atoms. The summed E-state index contributed by atoms with van der Waals surface area (Å²) >= 11 is 0. The topological polar surface area (TPSA) is 13.0 Å². The second-order valence-corrected chi connectivity index (χ2v) is 4.97. The molecule has 4 heteroatoms. The van der Waals surface area contributed by atoms with Gasteiger partial charge in [-0.3, -0.25) is 0 Å². The van der Waals surface area contributed by atoms with E-state index in [0.29, 0.717) is 18.5 Å². The lowest BCUT2D eigenvalue weighted by Gasteiger charge is -2.42. The normalized spacial score (nSPS) is 29.7. The van der Waals surface area contributed by atoms with Gasteiger partial charge >= 0.3 is 0 Å². The van der Waals surface area contributed by atoms with Crippen LogP contribution < -0.4 is 0 Å². The van der Waals surface area contributed by atoms with E-state index in [4.69, 9.17) is 0 Å². The van der Waals surface area contributed by atoms with Crippen molar-refractivity contribution in [2.75, 3.05) is 14.1 Å². The van der Waals surface area contributed by atoms with Gasteiger partial charge in [-0.05, 0) is 20.3 Å². The number of hydrogen-bond acceptors (Lipinski definition) is 4. The average molecular weight is 236 g/mol. The maximum atomic E-state index is 2.43. The van der Waals surface area contributed by atoms with Crippen LogP contribution in [0.1, 0.15) is 27.2 Å². The van der Waals surface area contributed by atoms with Crippen LogP contribution in [0.2, 0.25) is 0 Å². The van der Waals surface area contributed by atoms with Gasteiger partial charge in [-0.1, -0.05) is 6.92 Å². The molecule has 4 nitrogen and oxygen atoms in total. The van der Waals surface area contributed by atoms with Crippen molar-refractivity contribution in [2.24, 2.45) is 0 Å². The monoisotopic (exact) mass is 236 g/mol.